The number of halogens is 2. The molecule has 1 aromatic heterocycles. The van der Waals surface area contributed by atoms with Crippen LogP contribution in [0.4, 0.5) is 4.39 Å². The summed E-state index contributed by atoms with van der Waals surface area (Å²) in [5.74, 6) is 0.131. The highest BCUT2D eigenvalue weighted by molar-refractivity contribution is 6.31. The largest absolute Gasteiger partial charge is 0.344 e. The van der Waals surface area contributed by atoms with Crippen molar-refractivity contribution in [3.63, 3.8) is 0 Å². The molecule has 1 N–H and O–H groups in total. The van der Waals surface area contributed by atoms with Gasteiger partial charge in [0.15, 0.2) is 0 Å². The summed E-state index contributed by atoms with van der Waals surface area (Å²) in [5.41, 5.74) is 5.17. The SMILES string of the molecule is C[C@@H](Cn1c2c(c3cc(Cl)ccc31)CNCC2)c1ccc(F)cc1. The Labute approximate surface area is 146 Å². The second-order valence-corrected chi connectivity index (χ2v) is 7.01. The molecule has 24 heavy (non-hydrogen) atoms. The molecule has 0 aliphatic carbocycles. The lowest BCUT2D eigenvalue weighted by Crippen LogP contribution is -2.25. The third-order valence-electron chi connectivity index (χ3n) is 4.98. The normalized spacial score (nSPS) is 15.5. The van der Waals surface area contributed by atoms with Crippen LogP contribution in [0, 0.1) is 5.82 Å². The fourth-order valence-corrected chi connectivity index (χ4v) is 3.90. The number of benzene rings is 2. The lowest BCUT2D eigenvalue weighted by Gasteiger charge is -2.20. The first-order chi connectivity index (χ1) is 11.6. The number of rotatable bonds is 3. The molecule has 3 aromatic rings. The third-order valence-corrected chi connectivity index (χ3v) is 5.22. The Morgan fingerprint density at radius 3 is 2.79 bits per heavy atom. The summed E-state index contributed by atoms with van der Waals surface area (Å²) in [5, 5.41) is 5.48. The zero-order chi connectivity index (χ0) is 16.7. The van der Waals surface area contributed by atoms with Crippen molar-refractivity contribution in [2.75, 3.05) is 6.54 Å². The zero-order valence-electron chi connectivity index (χ0n) is 13.7. The van der Waals surface area contributed by atoms with Crippen molar-refractivity contribution in [3.8, 4) is 0 Å². The topological polar surface area (TPSA) is 17.0 Å². The van der Waals surface area contributed by atoms with Crippen LogP contribution in [0.1, 0.15) is 29.7 Å². The molecule has 0 spiro atoms. The molecule has 2 heterocycles. The van der Waals surface area contributed by atoms with Gasteiger partial charge < -0.3 is 9.88 Å². The molecule has 1 aliphatic heterocycles. The Morgan fingerprint density at radius 1 is 1.21 bits per heavy atom. The van der Waals surface area contributed by atoms with Crippen LogP contribution in [0.15, 0.2) is 42.5 Å². The van der Waals surface area contributed by atoms with E-state index in [2.05, 4.69) is 28.9 Å². The minimum absolute atomic E-state index is 0.185. The highest BCUT2D eigenvalue weighted by Crippen LogP contribution is 2.32. The van der Waals surface area contributed by atoms with Crippen molar-refractivity contribution < 1.29 is 4.39 Å². The number of nitrogens with one attached hydrogen (secondary N) is 1. The van der Waals surface area contributed by atoms with Crippen LogP contribution in [-0.2, 0) is 19.5 Å². The molecule has 0 amide bonds. The molecular weight excluding hydrogens is 323 g/mol. The molecule has 1 aliphatic rings. The van der Waals surface area contributed by atoms with Gasteiger partial charge in [0, 0.05) is 47.7 Å². The van der Waals surface area contributed by atoms with E-state index in [9.17, 15) is 4.39 Å². The summed E-state index contributed by atoms with van der Waals surface area (Å²) in [7, 11) is 0. The zero-order valence-corrected chi connectivity index (χ0v) is 14.4. The summed E-state index contributed by atoms with van der Waals surface area (Å²) in [6.45, 7) is 4.98. The molecule has 0 bridgehead atoms. The van der Waals surface area contributed by atoms with Crippen molar-refractivity contribution >= 4 is 22.5 Å². The van der Waals surface area contributed by atoms with Gasteiger partial charge in [-0.2, -0.15) is 0 Å². The Morgan fingerprint density at radius 2 is 2.00 bits per heavy atom. The van der Waals surface area contributed by atoms with E-state index in [-0.39, 0.29) is 5.82 Å². The van der Waals surface area contributed by atoms with E-state index in [0.717, 1.165) is 36.6 Å². The smallest absolute Gasteiger partial charge is 0.123 e. The molecule has 0 unspecified atom stereocenters. The maximum Gasteiger partial charge on any atom is 0.123 e. The highest BCUT2D eigenvalue weighted by atomic mass is 35.5. The molecule has 124 valence electrons. The highest BCUT2D eigenvalue weighted by Gasteiger charge is 2.21. The second kappa shape index (κ2) is 6.23. The molecule has 0 saturated heterocycles. The van der Waals surface area contributed by atoms with Crippen molar-refractivity contribution in [2.45, 2.75) is 32.4 Å². The molecule has 4 heteroatoms. The first kappa shape index (κ1) is 15.7. The molecule has 4 rings (SSSR count). The average molecular weight is 343 g/mol. The fourth-order valence-electron chi connectivity index (χ4n) is 3.73. The molecule has 1 atom stereocenters. The van der Waals surface area contributed by atoms with E-state index in [1.165, 1.54) is 22.2 Å². The van der Waals surface area contributed by atoms with Gasteiger partial charge in [0.1, 0.15) is 5.82 Å². The van der Waals surface area contributed by atoms with E-state index in [1.54, 1.807) is 12.1 Å². The van der Waals surface area contributed by atoms with Gasteiger partial charge in [0.2, 0.25) is 0 Å². The lowest BCUT2D eigenvalue weighted by molar-refractivity contribution is 0.556. The average Bonchev–Trinajstić information content (AvgIpc) is 2.89. The van der Waals surface area contributed by atoms with Crippen molar-refractivity contribution in [2.24, 2.45) is 0 Å². The van der Waals surface area contributed by atoms with Gasteiger partial charge in [-0.15, -0.1) is 0 Å². The number of hydrogen-bond acceptors (Lipinski definition) is 1. The van der Waals surface area contributed by atoms with Crippen LogP contribution in [0.2, 0.25) is 5.02 Å². The second-order valence-electron chi connectivity index (χ2n) is 6.58. The summed E-state index contributed by atoms with van der Waals surface area (Å²) in [4.78, 5) is 0. The van der Waals surface area contributed by atoms with Gasteiger partial charge in [0.05, 0.1) is 0 Å². The quantitative estimate of drug-likeness (QED) is 0.717. The van der Waals surface area contributed by atoms with Gasteiger partial charge in [-0.3, -0.25) is 0 Å². The first-order valence-corrected chi connectivity index (χ1v) is 8.77. The van der Waals surface area contributed by atoms with Gasteiger partial charge in [-0.05, 0) is 47.4 Å². The van der Waals surface area contributed by atoms with Crippen LogP contribution in [0.5, 0.6) is 0 Å². The molecular formula is C20H20ClFN2. The minimum atomic E-state index is -0.185. The van der Waals surface area contributed by atoms with Gasteiger partial charge >= 0.3 is 0 Å². The van der Waals surface area contributed by atoms with Crippen LogP contribution >= 0.6 is 11.6 Å². The summed E-state index contributed by atoms with van der Waals surface area (Å²) in [6, 6.07) is 13.0. The predicted octanol–water partition coefficient (Wildman–Crippen LogP) is 4.88. The maximum atomic E-state index is 13.2. The fraction of sp³-hybridized carbons (Fsp3) is 0.300. The van der Waals surface area contributed by atoms with Crippen LogP contribution < -0.4 is 5.32 Å². The number of fused-ring (bicyclic) bond motifs is 3. The van der Waals surface area contributed by atoms with E-state index >= 15 is 0 Å². The van der Waals surface area contributed by atoms with Crippen LogP contribution in [-0.4, -0.2) is 11.1 Å². The molecule has 0 radical (unpaired) electrons. The molecule has 0 fully saturated rings. The third kappa shape index (κ3) is 2.72. The van der Waals surface area contributed by atoms with Crippen LogP contribution in [0.25, 0.3) is 10.9 Å². The van der Waals surface area contributed by atoms with E-state index < -0.39 is 0 Å². The predicted molar refractivity (Wildman–Crippen MR) is 97.2 cm³/mol. The van der Waals surface area contributed by atoms with Crippen molar-refractivity contribution in [1.29, 1.82) is 0 Å². The number of nitrogens with zero attached hydrogens (tertiary/aromatic N) is 1. The van der Waals surface area contributed by atoms with E-state index in [1.807, 2.05) is 18.2 Å². The lowest BCUT2D eigenvalue weighted by atomic mass is 10.0. The van der Waals surface area contributed by atoms with Gasteiger partial charge in [-0.25, -0.2) is 4.39 Å². The standard InChI is InChI=1S/C20H20ClFN2/c1-13(14-2-5-16(22)6-3-14)12-24-19-7-4-15(21)10-17(19)18-11-23-9-8-20(18)24/h2-7,10,13,23H,8-9,11-12H2,1H3/t13-/m0/s1. The van der Waals surface area contributed by atoms with E-state index in [4.69, 9.17) is 11.6 Å². The number of hydrogen-bond donors (Lipinski definition) is 1. The van der Waals surface area contributed by atoms with E-state index in [0.29, 0.717) is 5.92 Å². The summed E-state index contributed by atoms with van der Waals surface area (Å²) in [6.07, 6.45) is 1.03. The number of aromatic nitrogens is 1. The molecule has 2 nitrogen and oxygen atoms in total. The maximum absolute atomic E-state index is 13.2. The minimum Gasteiger partial charge on any atom is -0.344 e. The van der Waals surface area contributed by atoms with Crippen molar-refractivity contribution in [1.82, 2.24) is 9.88 Å². The Hall–Kier alpha value is -1.84. The van der Waals surface area contributed by atoms with Gasteiger partial charge in [0.25, 0.3) is 0 Å². The Balaban J connectivity index is 1.77. The first-order valence-electron chi connectivity index (χ1n) is 8.39. The van der Waals surface area contributed by atoms with Gasteiger partial charge in [-0.1, -0.05) is 30.7 Å². The Kier molecular flexibility index (Phi) is 4.07. The Bertz CT molecular complexity index is 883. The monoisotopic (exact) mass is 342 g/mol. The summed E-state index contributed by atoms with van der Waals surface area (Å²) >= 11 is 6.22. The van der Waals surface area contributed by atoms with Crippen LogP contribution in [0.3, 0.4) is 0 Å². The summed E-state index contributed by atoms with van der Waals surface area (Å²) < 4.78 is 15.6. The molecule has 0 saturated carbocycles. The van der Waals surface area contributed by atoms with Crippen molar-refractivity contribution in [3.05, 3.63) is 70.1 Å². The molecule has 2 aromatic carbocycles.